The number of ether oxygens (including phenoxy) is 2. The Morgan fingerprint density at radius 2 is 1.83 bits per heavy atom. The molecule has 23 heavy (non-hydrogen) atoms. The van der Waals surface area contributed by atoms with Gasteiger partial charge in [-0.3, -0.25) is 4.79 Å². The summed E-state index contributed by atoms with van der Waals surface area (Å²) in [5.41, 5.74) is 2.35. The van der Waals surface area contributed by atoms with Crippen molar-refractivity contribution in [1.82, 2.24) is 15.0 Å². The van der Waals surface area contributed by atoms with Gasteiger partial charge >= 0.3 is 0 Å². The first kappa shape index (κ1) is 14.8. The van der Waals surface area contributed by atoms with Gasteiger partial charge in [0.05, 0.1) is 14.2 Å². The van der Waals surface area contributed by atoms with E-state index in [1.54, 1.807) is 37.1 Å². The van der Waals surface area contributed by atoms with E-state index in [0.717, 1.165) is 5.56 Å². The molecule has 6 heteroatoms. The Hall–Kier alpha value is -3.15. The number of benzene rings is 2. The molecule has 0 fully saturated rings. The van der Waals surface area contributed by atoms with Gasteiger partial charge in [-0.2, -0.15) is 0 Å². The summed E-state index contributed by atoms with van der Waals surface area (Å²) in [6.45, 7) is 0. The van der Waals surface area contributed by atoms with Crippen LogP contribution in [0.5, 0.6) is 11.5 Å². The number of aldehydes is 1. The SMILES string of the molecule is COc1ccc(OC)c(-n2nnc(C=O)c2-c2ccccc2)c1. The van der Waals surface area contributed by atoms with Gasteiger partial charge in [-0.1, -0.05) is 35.5 Å². The normalized spacial score (nSPS) is 10.3. The van der Waals surface area contributed by atoms with E-state index in [1.807, 2.05) is 30.3 Å². The van der Waals surface area contributed by atoms with Crippen LogP contribution in [-0.4, -0.2) is 35.5 Å². The molecule has 0 radical (unpaired) electrons. The van der Waals surface area contributed by atoms with E-state index in [0.29, 0.717) is 29.2 Å². The molecule has 0 aliphatic rings. The van der Waals surface area contributed by atoms with Crippen LogP contribution >= 0.6 is 0 Å². The van der Waals surface area contributed by atoms with Gasteiger partial charge in [-0.25, -0.2) is 4.68 Å². The summed E-state index contributed by atoms with van der Waals surface area (Å²) in [6, 6.07) is 14.9. The fourth-order valence-corrected chi connectivity index (χ4v) is 2.37. The van der Waals surface area contributed by atoms with E-state index in [2.05, 4.69) is 10.3 Å². The molecular formula is C17H15N3O3. The lowest BCUT2D eigenvalue weighted by Gasteiger charge is -2.12. The largest absolute Gasteiger partial charge is 0.497 e. The zero-order valence-corrected chi connectivity index (χ0v) is 12.8. The minimum Gasteiger partial charge on any atom is -0.497 e. The summed E-state index contributed by atoms with van der Waals surface area (Å²) in [4.78, 5) is 11.4. The molecule has 0 spiro atoms. The van der Waals surface area contributed by atoms with Crippen LogP contribution in [0, 0.1) is 0 Å². The Labute approximate surface area is 133 Å². The number of aromatic nitrogens is 3. The van der Waals surface area contributed by atoms with Crippen molar-refractivity contribution in [1.29, 1.82) is 0 Å². The lowest BCUT2D eigenvalue weighted by Crippen LogP contribution is -2.03. The van der Waals surface area contributed by atoms with E-state index in [4.69, 9.17) is 9.47 Å². The number of carbonyl (C=O) groups is 1. The Morgan fingerprint density at radius 3 is 2.48 bits per heavy atom. The van der Waals surface area contributed by atoms with Gasteiger partial charge in [0.2, 0.25) is 0 Å². The van der Waals surface area contributed by atoms with E-state index in [1.165, 1.54) is 0 Å². The highest BCUT2D eigenvalue weighted by Crippen LogP contribution is 2.31. The lowest BCUT2D eigenvalue weighted by atomic mass is 10.1. The molecular weight excluding hydrogens is 294 g/mol. The third-order valence-corrected chi connectivity index (χ3v) is 3.47. The van der Waals surface area contributed by atoms with Crippen molar-refractivity contribution in [2.75, 3.05) is 14.2 Å². The first-order valence-corrected chi connectivity index (χ1v) is 6.97. The van der Waals surface area contributed by atoms with Crippen LogP contribution in [0.3, 0.4) is 0 Å². The predicted molar refractivity (Wildman–Crippen MR) is 85.3 cm³/mol. The minimum absolute atomic E-state index is 0.265. The van der Waals surface area contributed by atoms with E-state index in [-0.39, 0.29) is 5.69 Å². The zero-order chi connectivity index (χ0) is 16.2. The molecule has 0 saturated carbocycles. The number of methoxy groups -OCH3 is 2. The van der Waals surface area contributed by atoms with E-state index < -0.39 is 0 Å². The molecule has 0 aliphatic carbocycles. The second-order valence-electron chi connectivity index (χ2n) is 4.76. The van der Waals surface area contributed by atoms with Crippen molar-refractivity contribution >= 4 is 6.29 Å². The third-order valence-electron chi connectivity index (χ3n) is 3.47. The maximum Gasteiger partial charge on any atom is 0.172 e. The molecule has 0 atom stereocenters. The van der Waals surface area contributed by atoms with Gasteiger partial charge in [-0.15, -0.1) is 5.10 Å². The van der Waals surface area contributed by atoms with E-state index >= 15 is 0 Å². The molecule has 0 bridgehead atoms. The summed E-state index contributed by atoms with van der Waals surface area (Å²) in [7, 11) is 3.16. The van der Waals surface area contributed by atoms with Crippen molar-refractivity contribution < 1.29 is 14.3 Å². The molecule has 1 heterocycles. The highest BCUT2D eigenvalue weighted by Gasteiger charge is 2.18. The van der Waals surface area contributed by atoms with Gasteiger partial charge in [0.15, 0.2) is 12.0 Å². The average molecular weight is 309 g/mol. The Kier molecular flexibility index (Phi) is 4.05. The van der Waals surface area contributed by atoms with Crippen LogP contribution in [0.4, 0.5) is 0 Å². The molecule has 6 nitrogen and oxygen atoms in total. The Morgan fingerprint density at radius 1 is 1.04 bits per heavy atom. The van der Waals surface area contributed by atoms with Gasteiger partial charge < -0.3 is 9.47 Å². The average Bonchev–Trinajstić information content (AvgIpc) is 3.05. The van der Waals surface area contributed by atoms with Crippen LogP contribution < -0.4 is 9.47 Å². The minimum atomic E-state index is 0.265. The van der Waals surface area contributed by atoms with Crippen molar-refractivity contribution in [3.63, 3.8) is 0 Å². The topological polar surface area (TPSA) is 66.2 Å². The van der Waals surface area contributed by atoms with Gasteiger partial charge in [0.1, 0.15) is 22.9 Å². The quantitative estimate of drug-likeness (QED) is 0.678. The van der Waals surface area contributed by atoms with Crippen molar-refractivity contribution in [2.24, 2.45) is 0 Å². The van der Waals surface area contributed by atoms with Gasteiger partial charge in [0, 0.05) is 11.6 Å². The zero-order valence-electron chi connectivity index (χ0n) is 12.8. The molecule has 0 saturated heterocycles. The molecule has 1 aromatic heterocycles. The number of hydrogen-bond donors (Lipinski definition) is 0. The number of hydrogen-bond acceptors (Lipinski definition) is 5. The molecule has 0 amide bonds. The fourth-order valence-electron chi connectivity index (χ4n) is 2.37. The molecule has 3 aromatic rings. The first-order valence-electron chi connectivity index (χ1n) is 6.97. The van der Waals surface area contributed by atoms with E-state index in [9.17, 15) is 4.79 Å². The molecule has 2 aromatic carbocycles. The summed E-state index contributed by atoms with van der Waals surface area (Å²) in [5, 5.41) is 8.08. The summed E-state index contributed by atoms with van der Waals surface area (Å²) >= 11 is 0. The van der Waals surface area contributed by atoms with Gasteiger partial charge in [0.25, 0.3) is 0 Å². The Bertz CT molecular complexity index is 828. The monoisotopic (exact) mass is 309 g/mol. The van der Waals surface area contributed by atoms with Crippen LogP contribution in [0.25, 0.3) is 16.9 Å². The number of rotatable bonds is 5. The molecule has 0 N–H and O–H groups in total. The van der Waals surface area contributed by atoms with Crippen LogP contribution in [0.1, 0.15) is 10.5 Å². The van der Waals surface area contributed by atoms with Gasteiger partial charge in [-0.05, 0) is 12.1 Å². The maximum atomic E-state index is 11.4. The fraction of sp³-hybridized carbons (Fsp3) is 0.118. The first-order chi connectivity index (χ1) is 11.3. The summed E-state index contributed by atoms with van der Waals surface area (Å²) < 4.78 is 12.3. The molecule has 116 valence electrons. The standard InChI is InChI=1S/C17H15N3O3/c1-22-13-8-9-16(23-2)15(10-13)20-17(14(11-21)18-19-20)12-6-4-3-5-7-12/h3-11H,1-2H3. The molecule has 0 unspecified atom stereocenters. The molecule has 0 aliphatic heterocycles. The van der Waals surface area contributed by atoms with Crippen molar-refractivity contribution in [2.45, 2.75) is 0 Å². The smallest absolute Gasteiger partial charge is 0.172 e. The highest BCUT2D eigenvalue weighted by atomic mass is 16.5. The third kappa shape index (κ3) is 2.66. The summed E-state index contributed by atoms with van der Waals surface area (Å²) in [6.07, 6.45) is 0.693. The molecule has 3 rings (SSSR count). The second-order valence-corrected chi connectivity index (χ2v) is 4.76. The highest BCUT2D eigenvalue weighted by molar-refractivity contribution is 5.84. The number of carbonyl (C=O) groups excluding carboxylic acids is 1. The Balaban J connectivity index is 2.26. The number of nitrogens with zero attached hydrogens (tertiary/aromatic N) is 3. The van der Waals surface area contributed by atoms with Crippen LogP contribution in [-0.2, 0) is 0 Å². The lowest BCUT2D eigenvalue weighted by molar-refractivity contribution is 0.111. The predicted octanol–water partition coefficient (Wildman–Crippen LogP) is 2.76. The van der Waals surface area contributed by atoms with Crippen LogP contribution in [0.2, 0.25) is 0 Å². The summed E-state index contributed by atoms with van der Waals surface area (Å²) in [5.74, 6) is 1.26. The van der Waals surface area contributed by atoms with Crippen molar-refractivity contribution in [3.8, 4) is 28.4 Å². The second kappa shape index (κ2) is 6.31. The maximum absolute atomic E-state index is 11.4. The van der Waals surface area contributed by atoms with Crippen molar-refractivity contribution in [3.05, 3.63) is 54.2 Å². The van der Waals surface area contributed by atoms with Crippen LogP contribution in [0.15, 0.2) is 48.5 Å².